The maximum Gasteiger partial charge on any atom is 0.159 e. The summed E-state index contributed by atoms with van der Waals surface area (Å²) in [6, 6.07) is 5.24. The van der Waals surface area contributed by atoms with E-state index >= 15 is 0 Å². The Bertz CT molecular complexity index is 485. The van der Waals surface area contributed by atoms with Gasteiger partial charge >= 0.3 is 0 Å². The maximum absolute atomic E-state index is 13.1. The van der Waals surface area contributed by atoms with Gasteiger partial charge in [-0.05, 0) is 35.7 Å². The van der Waals surface area contributed by atoms with Gasteiger partial charge < -0.3 is 4.42 Å². The molecule has 3 nitrogen and oxygen atoms in total. The SMILES string of the molecule is NNC(Cc1ccoc1)c1ccc(F)c(F)c1. The summed E-state index contributed by atoms with van der Waals surface area (Å²) in [6.45, 7) is 0. The number of hydrazine groups is 1. The smallest absolute Gasteiger partial charge is 0.159 e. The number of rotatable bonds is 4. The van der Waals surface area contributed by atoms with Crippen LogP contribution in [0.4, 0.5) is 8.78 Å². The molecule has 0 fully saturated rings. The fourth-order valence-corrected chi connectivity index (χ4v) is 1.65. The molecule has 0 aliphatic carbocycles. The standard InChI is InChI=1S/C12H12F2N2O/c13-10-2-1-9(6-11(10)14)12(16-15)5-8-3-4-17-7-8/h1-4,6-7,12,16H,5,15H2. The number of nitrogens with one attached hydrogen (secondary N) is 1. The predicted molar refractivity (Wildman–Crippen MR) is 58.8 cm³/mol. The second kappa shape index (κ2) is 5.07. The van der Waals surface area contributed by atoms with E-state index in [0.717, 1.165) is 17.7 Å². The highest BCUT2D eigenvalue weighted by Crippen LogP contribution is 2.20. The molecule has 0 saturated carbocycles. The van der Waals surface area contributed by atoms with Crippen molar-refractivity contribution >= 4 is 0 Å². The number of hydrogen-bond acceptors (Lipinski definition) is 3. The molecule has 5 heteroatoms. The van der Waals surface area contributed by atoms with Crippen LogP contribution < -0.4 is 11.3 Å². The minimum absolute atomic E-state index is 0.289. The fourth-order valence-electron chi connectivity index (χ4n) is 1.65. The summed E-state index contributed by atoms with van der Waals surface area (Å²) in [5.74, 6) is 3.67. The van der Waals surface area contributed by atoms with E-state index in [2.05, 4.69) is 5.43 Å². The summed E-state index contributed by atoms with van der Waals surface area (Å²) < 4.78 is 30.8. The third-order valence-corrected chi connectivity index (χ3v) is 2.57. The molecule has 0 radical (unpaired) electrons. The van der Waals surface area contributed by atoms with Crippen molar-refractivity contribution in [3.63, 3.8) is 0 Å². The highest BCUT2D eigenvalue weighted by molar-refractivity contribution is 5.23. The molecule has 0 aliphatic heterocycles. The molecule has 90 valence electrons. The predicted octanol–water partition coefficient (Wildman–Crippen LogP) is 2.30. The molecule has 2 aromatic rings. The Morgan fingerprint density at radius 2 is 2.06 bits per heavy atom. The van der Waals surface area contributed by atoms with Gasteiger partial charge in [0.05, 0.1) is 18.6 Å². The average molecular weight is 238 g/mol. The summed E-state index contributed by atoms with van der Waals surface area (Å²) in [7, 11) is 0. The highest BCUT2D eigenvalue weighted by atomic mass is 19.2. The van der Waals surface area contributed by atoms with Crippen molar-refractivity contribution in [2.45, 2.75) is 12.5 Å². The monoisotopic (exact) mass is 238 g/mol. The molecular formula is C12H12F2N2O. The zero-order valence-corrected chi connectivity index (χ0v) is 8.99. The van der Waals surface area contributed by atoms with Crippen molar-refractivity contribution in [1.82, 2.24) is 5.43 Å². The first-order valence-electron chi connectivity index (χ1n) is 5.13. The average Bonchev–Trinajstić information content (AvgIpc) is 2.82. The number of halogens is 2. The van der Waals surface area contributed by atoms with Crippen molar-refractivity contribution < 1.29 is 13.2 Å². The van der Waals surface area contributed by atoms with Crippen molar-refractivity contribution in [1.29, 1.82) is 0 Å². The lowest BCUT2D eigenvalue weighted by Crippen LogP contribution is -2.29. The number of furan rings is 1. The molecule has 0 spiro atoms. The van der Waals surface area contributed by atoms with Crippen molar-refractivity contribution in [3.8, 4) is 0 Å². The van der Waals surface area contributed by atoms with Gasteiger partial charge in [-0.1, -0.05) is 6.07 Å². The normalized spacial score (nSPS) is 12.6. The van der Waals surface area contributed by atoms with E-state index in [1.165, 1.54) is 6.07 Å². The molecule has 0 aliphatic rings. The van der Waals surface area contributed by atoms with Gasteiger partial charge in [0.2, 0.25) is 0 Å². The van der Waals surface area contributed by atoms with Crippen LogP contribution in [0, 0.1) is 11.6 Å². The molecule has 2 rings (SSSR count). The van der Waals surface area contributed by atoms with Gasteiger partial charge in [-0.25, -0.2) is 8.78 Å². The van der Waals surface area contributed by atoms with Gasteiger partial charge in [-0.2, -0.15) is 0 Å². The topological polar surface area (TPSA) is 51.2 Å². The molecule has 0 saturated heterocycles. The van der Waals surface area contributed by atoms with Crippen LogP contribution >= 0.6 is 0 Å². The Morgan fingerprint density at radius 3 is 2.65 bits per heavy atom. The first kappa shape index (κ1) is 11.8. The zero-order chi connectivity index (χ0) is 12.3. The highest BCUT2D eigenvalue weighted by Gasteiger charge is 2.13. The minimum Gasteiger partial charge on any atom is -0.472 e. The molecule has 3 N–H and O–H groups in total. The third kappa shape index (κ3) is 2.69. The summed E-state index contributed by atoms with van der Waals surface area (Å²) in [6.07, 6.45) is 3.68. The minimum atomic E-state index is -0.880. The third-order valence-electron chi connectivity index (χ3n) is 2.57. The largest absolute Gasteiger partial charge is 0.472 e. The Labute approximate surface area is 97.2 Å². The quantitative estimate of drug-likeness (QED) is 0.634. The van der Waals surface area contributed by atoms with Gasteiger partial charge in [0, 0.05) is 0 Å². The summed E-state index contributed by atoms with van der Waals surface area (Å²) in [4.78, 5) is 0. The molecule has 1 aromatic carbocycles. The molecule has 1 heterocycles. The summed E-state index contributed by atoms with van der Waals surface area (Å²) in [5, 5.41) is 0. The van der Waals surface area contributed by atoms with E-state index in [1.54, 1.807) is 18.6 Å². The van der Waals surface area contributed by atoms with Gasteiger partial charge in [0.1, 0.15) is 0 Å². The Hall–Kier alpha value is -1.72. The number of nitrogens with two attached hydrogens (primary N) is 1. The maximum atomic E-state index is 13.1. The molecular weight excluding hydrogens is 226 g/mol. The van der Waals surface area contributed by atoms with Crippen LogP contribution in [-0.4, -0.2) is 0 Å². The Morgan fingerprint density at radius 1 is 1.24 bits per heavy atom. The zero-order valence-electron chi connectivity index (χ0n) is 8.99. The Kier molecular flexibility index (Phi) is 3.51. The van der Waals surface area contributed by atoms with Gasteiger partial charge in [-0.3, -0.25) is 11.3 Å². The number of hydrogen-bond donors (Lipinski definition) is 2. The molecule has 1 atom stereocenters. The molecule has 0 amide bonds. The lowest BCUT2D eigenvalue weighted by molar-refractivity contribution is 0.496. The van der Waals surface area contributed by atoms with E-state index in [4.69, 9.17) is 10.3 Å². The van der Waals surface area contributed by atoms with Crippen LogP contribution in [0.25, 0.3) is 0 Å². The first-order valence-corrected chi connectivity index (χ1v) is 5.13. The molecule has 1 unspecified atom stereocenters. The Balaban J connectivity index is 2.20. The van der Waals surface area contributed by atoms with Crippen LogP contribution in [0.15, 0.2) is 41.2 Å². The first-order chi connectivity index (χ1) is 8.20. The summed E-state index contributed by atoms with van der Waals surface area (Å²) >= 11 is 0. The lowest BCUT2D eigenvalue weighted by Gasteiger charge is -2.15. The van der Waals surface area contributed by atoms with E-state index in [9.17, 15) is 8.78 Å². The van der Waals surface area contributed by atoms with Crippen LogP contribution in [0.1, 0.15) is 17.2 Å². The molecule has 17 heavy (non-hydrogen) atoms. The van der Waals surface area contributed by atoms with Crippen LogP contribution in [0.3, 0.4) is 0 Å². The van der Waals surface area contributed by atoms with Gasteiger partial charge in [0.25, 0.3) is 0 Å². The molecule has 0 bridgehead atoms. The van der Waals surface area contributed by atoms with E-state index in [0.29, 0.717) is 12.0 Å². The van der Waals surface area contributed by atoms with E-state index in [-0.39, 0.29) is 6.04 Å². The summed E-state index contributed by atoms with van der Waals surface area (Å²) in [5.41, 5.74) is 4.09. The second-order valence-electron chi connectivity index (χ2n) is 3.73. The van der Waals surface area contributed by atoms with E-state index in [1.807, 2.05) is 0 Å². The van der Waals surface area contributed by atoms with Crippen molar-refractivity contribution in [2.75, 3.05) is 0 Å². The van der Waals surface area contributed by atoms with Crippen LogP contribution in [-0.2, 0) is 6.42 Å². The van der Waals surface area contributed by atoms with Gasteiger partial charge in [-0.15, -0.1) is 0 Å². The van der Waals surface area contributed by atoms with Crippen LogP contribution in [0.5, 0.6) is 0 Å². The van der Waals surface area contributed by atoms with Crippen molar-refractivity contribution in [3.05, 3.63) is 59.6 Å². The number of benzene rings is 1. The van der Waals surface area contributed by atoms with Crippen molar-refractivity contribution in [2.24, 2.45) is 5.84 Å². The lowest BCUT2D eigenvalue weighted by atomic mass is 10.0. The second-order valence-corrected chi connectivity index (χ2v) is 3.73. The molecule has 1 aromatic heterocycles. The van der Waals surface area contributed by atoms with Gasteiger partial charge in [0.15, 0.2) is 11.6 Å². The van der Waals surface area contributed by atoms with Crippen LogP contribution in [0.2, 0.25) is 0 Å². The fraction of sp³-hybridized carbons (Fsp3) is 0.167. The van der Waals surface area contributed by atoms with E-state index < -0.39 is 11.6 Å².